The van der Waals surface area contributed by atoms with Crippen molar-refractivity contribution in [1.82, 2.24) is 9.97 Å². The van der Waals surface area contributed by atoms with Crippen molar-refractivity contribution in [3.8, 4) is 25.6 Å². The Hall–Kier alpha value is -5.60. The van der Waals surface area contributed by atoms with Gasteiger partial charge in [-0.25, -0.2) is 17.6 Å². The Morgan fingerprint density at radius 3 is 1.43 bits per heavy atom. The van der Waals surface area contributed by atoms with E-state index < -0.39 is 63.8 Å². The predicted octanol–water partition coefficient (Wildman–Crippen LogP) is 12.9. The number of rotatable bonds is 7. The molecule has 1 N–H and O–H groups in total. The van der Waals surface area contributed by atoms with Crippen molar-refractivity contribution in [3.63, 3.8) is 0 Å². The van der Waals surface area contributed by atoms with Crippen molar-refractivity contribution in [2.75, 3.05) is 0 Å². The summed E-state index contributed by atoms with van der Waals surface area (Å²) < 4.78 is 114. The number of fused-ring (bicyclic) bond motifs is 5. The lowest BCUT2D eigenvalue weighted by atomic mass is 10.0. The molecule has 0 aliphatic heterocycles. The van der Waals surface area contributed by atoms with E-state index in [2.05, 4.69) is 9.97 Å². The highest BCUT2D eigenvalue weighted by atomic mass is 32.1. The quantitative estimate of drug-likeness (QED) is 0.0754. The smallest absolute Gasteiger partial charge is 0.252 e. The first-order valence-corrected chi connectivity index (χ1v) is 18.6. The van der Waals surface area contributed by atoms with E-state index in [0.29, 0.717) is 16.0 Å². The van der Waals surface area contributed by atoms with E-state index in [1.54, 1.807) is 30.3 Å². The van der Waals surface area contributed by atoms with Crippen LogP contribution in [0, 0.1) is 63.8 Å². The molecule has 8 rings (SSSR count). The molecule has 6 aromatic heterocycles. The summed E-state index contributed by atoms with van der Waals surface area (Å²) in [6.45, 7) is 0. The zero-order valence-corrected chi connectivity index (χ0v) is 29.8. The third kappa shape index (κ3) is 5.99. The van der Waals surface area contributed by atoms with E-state index in [1.165, 1.54) is 51.4 Å². The minimum atomic E-state index is -1.86. The number of halogens is 8. The molecule has 6 heterocycles. The number of aromatic nitrogens is 2. The largest absolute Gasteiger partial charge is 0.308 e. The van der Waals surface area contributed by atoms with Crippen molar-refractivity contribution in [1.29, 1.82) is 10.7 Å². The van der Waals surface area contributed by atoms with Gasteiger partial charge in [-0.3, -0.25) is 0 Å². The van der Waals surface area contributed by atoms with Gasteiger partial charge in [-0.2, -0.15) is 32.8 Å². The van der Waals surface area contributed by atoms with Crippen LogP contribution in [0.2, 0.25) is 0 Å². The Kier molecular flexibility index (Phi) is 8.97. The molecule has 54 heavy (non-hydrogen) atoms. The summed E-state index contributed by atoms with van der Waals surface area (Å²) in [5.74, 6) is -14.2. The summed E-state index contributed by atoms with van der Waals surface area (Å²) in [5, 5.41) is 21.2. The van der Waals surface area contributed by atoms with Crippen LogP contribution >= 0.6 is 45.3 Å². The zero-order valence-electron chi connectivity index (χ0n) is 26.5. The van der Waals surface area contributed by atoms with Crippen LogP contribution in [0.5, 0.6) is 0 Å². The third-order valence-corrected chi connectivity index (χ3v) is 13.0. The van der Waals surface area contributed by atoms with Crippen LogP contribution in [0.1, 0.15) is 20.9 Å². The Balaban J connectivity index is 1.12. The summed E-state index contributed by atoms with van der Waals surface area (Å²) >= 11 is 5.54. The lowest BCUT2D eigenvalue weighted by Crippen LogP contribution is -2.06. The average molecular weight is 807 g/mol. The number of pyridine rings is 2. The topological polar surface area (TPSA) is 73.4 Å². The molecule has 0 aliphatic rings. The molecule has 0 spiro atoms. The highest BCUT2D eigenvalue weighted by Gasteiger charge is 2.25. The van der Waals surface area contributed by atoms with Gasteiger partial charge in [0, 0.05) is 61.2 Å². The van der Waals surface area contributed by atoms with E-state index >= 15 is 0 Å². The number of nitrogens with zero attached hydrogens (tertiary/aromatic N) is 3. The monoisotopic (exact) mass is 806 g/mol. The normalized spacial score (nSPS) is 12.4. The first-order chi connectivity index (χ1) is 25.9. The van der Waals surface area contributed by atoms with Gasteiger partial charge in [-0.05, 0) is 71.5 Å². The molecule has 0 aliphatic carbocycles. The Bertz CT molecular complexity index is 2930. The van der Waals surface area contributed by atoms with Crippen LogP contribution in [0.3, 0.4) is 0 Å². The standard InChI is InChI=1S/C38H14F8N4S4/c39-31-29(32(40)36(44)49-35(31)43)15(13-47)9-17-1-5-25(51-17)27-11-21-19-4-8-24-22(20(19)3-7-23(21)53-27)12-28(54-24)26-6-2-18(52-26)10-16(14-48)30-33(41)37(45)50-38(46)34(30)42/h1-13,47H/b15-9+,16-10+,47-13?. The molecule has 4 nitrogen and oxygen atoms in total. The summed E-state index contributed by atoms with van der Waals surface area (Å²) in [6, 6.07) is 20.6. The van der Waals surface area contributed by atoms with Crippen molar-refractivity contribution < 1.29 is 35.1 Å². The van der Waals surface area contributed by atoms with Crippen LogP contribution in [0.15, 0.2) is 60.7 Å². The molecule has 0 amide bonds. The Morgan fingerprint density at radius 2 is 0.981 bits per heavy atom. The van der Waals surface area contributed by atoms with Gasteiger partial charge in [0.1, 0.15) is 6.07 Å². The second-order valence-electron chi connectivity index (χ2n) is 11.5. The van der Waals surface area contributed by atoms with Gasteiger partial charge in [-0.1, -0.05) is 12.1 Å². The van der Waals surface area contributed by atoms with Gasteiger partial charge >= 0.3 is 0 Å². The second-order valence-corrected chi connectivity index (χ2v) is 15.9. The second kappa shape index (κ2) is 13.7. The van der Waals surface area contributed by atoms with Gasteiger partial charge in [0.15, 0.2) is 23.3 Å². The Labute approximate surface area is 314 Å². The van der Waals surface area contributed by atoms with E-state index in [4.69, 9.17) is 5.41 Å². The fourth-order valence-electron chi connectivity index (χ4n) is 5.92. The lowest BCUT2D eigenvalue weighted by molar-refractivity contribution is 0.404. The van der Waals surface area contributed by atoms with Gasteiger partial charge in [0.05, 0.1) is 16.7 Å². The lowest BCUT2D eigenvalue weighted by Gasteiger charge is -2.06. The Morgan fingerprint density at radius 1 is 0.537 bits per heavy atom. The van der Waals surface area contributed by atoms with E-state index in [9.17, 15) is 40.4 Å². The molecule has 0 saturated carbocycles. The molecule has 16 heteroatoms. The first-order valence-electron chi connectivity index (χ1n) is 15.3. The molecule has 0 bridgehead atoms. The highest BCUT2D eigenvalue weighted by molar-refractivity contribution is 7.27. The van der Waals surface area contributed by atoms with Crippen molar-refractivity contribution >= 4 is 106 Å². The molecular weight excluding hydrogens is 793 g/mol. The number of allylic oxidation sites excluding steroid dienone is 2. The summed E-state index contributed by atoms with van der Waals surface area (Å²) in [5.41, 5.74) is -3.12. The maximum atomic E-state index is 14.4. The molecule has 0 saturated heterocycles. The number of nitriles is 1. The van der Waals surface area contributed by atoms with Crippen LogP contribution in [0.25, 0.3) is 73.8 Å². The zero-order chi connectivity index (χ0) is 38.0. The fourth-order valence-corrected chi connectivity index (χ4v) is 10.1. The maximum Gasteiger partial charge on any atom is 0.252 e. The molecular formula is C38H14F8N4S4. The number of benzene rings is 2. The van der Waals surface area contributed by atoms with E-state index in [-0.39, 0.29) is 5.57 Å². The molecule has 0 radical (unpaired) electrons. The number of hydrogen-bond donors (Lipinski definition) is 1. The number of hydrogen-bond acceptors (Lipinski definition) is 8. The summed E-state index contributed by atoms with van der Waals surface area (Å²) in [4.78, 5) is 9.42. The minimum absolute atomic E-state index is 0.369. The average Bonchev–Trinajstić information content (AvgIpc) is 3.98. The van der Waals surface area contributed by atoms with Gasteiger partial charge < -0.3 is 5.41 Å². The summed E-state index contributed by atoms with van der Waals surface area (Å²) in [6.07, 6.45) is 3.04. The van der Waals surface area contributed by atoms with Crippen LogP contribution in [-0.4, -0.2) is 16.2 Å². The number of nitrogens with one attached hydrogen (secondary N) is 1. The van der Waals surface area contributed by atoms with Crippen molar-refractivity contribution in [3.05, 3.63) is 129 Å². The SMILES string of the molecule is N#C/C(=C\c1ccc(-c2cc3c(ccc4c5cc(-c6ccc(/C=C(\C=N)c7c(F)c(F)nc(F)c7F)s6)sc5ccc34)s2)s1)c1c(F)c(F)nc(F)c1F. The highest BCUT2D eigenvalue weighted by Crippen LogP contribution is 2.45. The van der Waals surface area contributed by atoms with Crippen LogP contribution in [0.4, 0.5) is 35.1 Å². The van der Waals surface area contributed by atoms with Gasteiger partial charge in [-0.15, -0.1) is 45.3 Å². The fraction of sp³-hybridized carbons (Fsp3) is 0. The molecule has 266 valence electrons. The minimum Gasteiger partial charge on any atom is -0.308 e. The molecule has 0 fully saturated rings. The van der Waals surface area contributed by atoms with Crippen molar-refractivity contribution in [2.45, 2.75) is 0 Å². The number of thiophene rings is 4. The van der Waals surface area contributed by atoms with Crippen LogP contribution in [-0.2, 0) is 0 Å². The first kappa shape index (κ1) is 35.4. The van der Waals surface area contributed by atoms with Crippen molar-refractivity contribution in [2.24, 2.45) is 0 Å². The molecule has 0 unspecified atom stereocenters. The van der Waals surface area contributed by atoms with E-state index in [1.807, 2.05) is 36.4 Å². The predicted molar refractivity (Wildman–Crippen MR) is 200 cm³/mol. The molecule has 2 aromatic carbocycles. The van der Waals surface area contributed by atoms with Crippen LogP contribution < -0.4 is 0 Å². The van der Waals surface area contributed by atoms with Gasteiger partial charge in [0.2, 0.25) is 0 Å². The van der Waals surface area contributed by atoms with Gasteiger partial charge in [0.25, 0.3) is 23.8 Å². The molecule has 8 aromatic rings. The molecule has 0 atom stereocenters. The van der Waals surface area contributed by atoms with E-state index in [0.717, 1.165) is 56.5 Å². The summed E-state index contributed by atoms with van der Waals surface area (Å²) in [7, 11) is 0. The third-order valence-electron chi connectivity index (χ3n) is 8.35. The maximum absolute atomic E-state index is 14.4.